The second kappa shape index (κ2) is 5.72. The van der Waals surface area contributed by atoms with Crippen molar-refractivity contribution in [2.45, 2.75) is 66.3 Å². The number of aliphatic hydroxyl groups is 1. The van der Waals surface area contributed by atoms with Gasteiger partial charge >= 0.3 is 0 Å². The molecule has 2 nitrogen and oxygen atoms in total. The number of hydrogen-bond donors (Lipinski definition) is 1. The fourth-order valence-corrected chi connectivity index (χ4v) is 1.65. The van der Waals surface area contributed by atoms with Crippen molar-refractivity contribution in [2.24, 2.45) is 11.8 Å². The number of hydrogen-bond acceptors (Lipinski definition) is 2. The Balaban J connectivity index is 4.07. The first kappa shape index (κ1) is 13.9. The second-order valence-electron chi connectivity index (χ2n) is 4.98. The Morgan fingerprint density at radius 1 is 1.21 bits per heavy atom. The summed E-state index contributed by atoms with van der Waals surface area (Å²) >= 11 is 0. The normalized spacial score (nSPS) is 20.6. The summed E-state index contributed by atoms with van der Waals surface area (Å²) in [5.74, 6) is -0.0282. The van der Waals surface area contributed by atoms with Crippen molar-refractivity contribution >= 4 is 0 Å². The molecule has 3 atom stereocenters. The standard InChI is InChI=1S/C12H26O2/c1-7-10(4)11(5)14-12(6,13)8-9(2)3/h9-11,13H,7-8H2,1-6H3. The molecule has 2 heteroatoms. The summed E-state index contributed by atoms with van der Waals surface area (Å²) in [4.78, 5) is 0. The van der Waals surface area contributed by atoms with Crippen LogP contribution < -0.4 is 0 Å². The Morgan fingerprint density at radius 3 is 2.07 bits per heavy atom. The van der Waals surface area contributed by atoms with Gasteiger partial charge < -0.3 is 9.84 Å². The SMILES string of the molecule is CCC(C)C(C)OC(C)(O)CC(C)C. The molecule has 0 rings (SSSR count). The molecule has 0 aliphatic rings. The third-order valence-electron chi connectivity index (χ3n) is 2.67. The molecule has 0 aromatic carbocycles. The molecule has 0 aromatic heterocycles. The highest BCUT2D eigenvalue weighted by Gasteiger charge is 2.26. The Labute approximate surface area is 88.7 Å². The lowest BCUT2D eigenvalue weighted by Gasteiger charge is -2.31. The van der Waals surface area contributed by atoms with E-state index in [0.29, 0.717) is 18.3 Å². The molecule has 0 heterocycles. The second-order valence-corrected chi connectivity index (χ2v) is 4.98. The minimum atomic E-state index is -0.975. The van der Waals surface area contributed by atoms with Crippen LogP contribution in [0.25, 0.3) is 0 Å². The van der Waals surface area contributed by atoms with Crippen molar-refractivity contribution < 1.29 is 9.84 Å². The zero-order chi connectivity index (χ0) is 11.4. The van der Waals surface area contributed by atoms with Crippen LogP contribution >= 0.6 is 0 Å². The molecule has 3 unspecified atom stereocenters. The summed E-state index contributed by atoms with van der Waals surface area (Å²) in [6.07, 6.45) is 1.89. The highest BCUT2D eigenvalue weighted by Crippen LogP contribution is 2.23. The van der Waals surface area contributed by atoms with Crippen molar-refractivity contribution in [3.05, 3.63) is 0 Å². The van der Waals surface area contributed by atoms with Gasteiger partial charge in [-0.25, -0.2) is 0 Å². The van der Waals surface area contributed by atoms with E-state index < -0.39 is 5.79 Å². The van der Waals surface area contributed by atoms with E-state index in [1.54, 1.807) is 6.92 Å². The number of ether oxygens (including phenoxy) is 1. The zero-order valence-corrected chi connectivity index (χ0v) is 10.5. The molecule has 0 saturated heterocycles. The molecule has 0 aliphatic carbocycles. The summed E-state index contributed by atoms with van der Waals surface area (Å²) in [5.41, 5.74) is 0. The molecule has 0 spiro atoms. The molecular weight excluding hydrogens is 176 g/mol. The van der Waals surface area contributed by atoms with E-state index in [1.807, 2.05) is 6.92 Å². The van der Waals surface area contributed by atoms with Gasteiger partial charge in [0.2, 0.25) is 0 Å². The van der Waals surface area contributed by atoms with Gasteiger partial charge in [-0.15, -0.1) is 0 Å². The molecule has 0 bridgehead atoms. The van der Waals surface area contributed by atoms with E-state index in [4.69, 9.17) is 4.74 Å². The first-order chi connectivity index (χ1) is 6.28. The largest absolute Gasteiger partial charge is 0.366 e. The molecule has 0 radical (unpaired) electrons. The highest BCUT2D eigenvalue weighted by atomic mass is 16.6. The van der Waals surface area contributed by atoms with Crippen molar-refractivity contribution in [1.82, 2.24) is 0 Å². The first-order valence-electron chi connectivity index (χ1n) is 5.68. The van der Waals surface area contributed by atoms with Crippen LogP contribution in [0.4, 0.5) is 0 Å². The summed E-state index contributed by atoms with van der Waals surface area (Å²) in [6.45, 7) is 12.3. The Morgan fingerprint density at radius 2 is 1.71 bits per heavy atom. The lowest BCUT2D eigenvalue weighted by Crippen LogP contribution is -2.36. The van der Waals surface area contributed by atoms with Crippen LogP contribution in [-0.4, -0.2) is 17.0 Å². The van der Waals surface area contributed by atoms with Gasteiger partial charge in [0.25, 0.3) is 0 Å². The van der Waals surface area contributed by atoms with E-state index in [-0.39, 0.29) is 6.10 Å². The molecule has 0 saturated carbocycles. The van der Waals surface area contributed by atoms with Crippen LogP contribution in [0, 0.1) is 11.8 Å². The lowest BCUT2D eigenvalue weighted by molar-refractivity contribution is -0.231. The van der Waals surface area contributed by atoms with E-state index in [9.17, 15) is 5.11 Å². The van der Waals surface area contributed by atoms with Gasteiger partial charge in [-0.1, -0.05) is 34.1 Å². The van der Waals surface area contributed by atoms with Crippen LogP contribution in [0.5, 0.6) is 0 Å². The molecule has 1 N–H and O–H groups in total. The molecule has 0 amide bonds. The molecule has 86 valence electrons. The fraction of sp³-hybridized carbons (Fsp3) is 1.00. The molecular formula is C12H26O2. The average Bonchev–Trinajstić information content (AvgIpc) is 1.99. The summed E-state index contributed by atoms with van der Waals surface area (Å²) < 4.78 is 5.66. The summed E-state index contributed by atoms with van der Waals surface area (Å²) in [7, 11) is 0. The molecule has 0 aliphatic heterocycles. The van der Waals surface area contributed by atoms with Crippen LogP contribution in [0.15, 0.2) is 0 Å². The van der Waals surface area contributed by atoms with E-state index in [2.05, 4.69) is 27.7 Å². The van der Waals surface area contributed by atoms with Gasteiger partial charge in [0, 0.05) is 6.42 Å². The Hall–Kier alpha value is -0.0800. The topological polar surface area (TPSA) is 29.5 Å². The van der Waals surface area contributed by atoms with Gasteiger partial charge in [-0.3, -0.25) is 0 Å². The van der Waals surface area contributed by atoms with E-state index in [1.165, 1.54) is 0 Å². The summed E-state index contributed by atoms with van der Waals surface area (Å²) in [6, 6.07) is 0. The Kier molecular flexibility index (Phi) is 5.68. The van der Waals surface area contributed by atoms with Gasteiger partial charge in [0.1, 0.15) is 0 Å². The van der Waals surface area contributed by atoms with Crippen LogP contribution in [0.1, 0.15) is 54.4 Å². The first-order valence-corrected chi connectivity index (χ1v) is 5.68. The summed E-state index contributed by atoms with van der Waals surface area (Å²) in [5, 5.41) is 9.98. The van der Waals surface area contributed by atoms with Crippen molar-refractivity contribution in [2.75, 3.05) is 0 Å². The fourth-order valence-electron chi connectivity index (χ4n) is 1.65. The third kappa shape index (κ3) is 5.61. The predicted molar refractivity (Wildman–Crippen MR) is 60.1 cm³/mol. The van der Waals surface area contributed by atoms with E-state index >= 15 is 0 Å². The lowest BCUT2D eigenvalue weighted by atomic mass is 10.0. The quantitative estimate of drug-likeness (QED) is 0.670. The van der Waals surface area contributed by atoms with Gasteiger partial charge in [-0.2, -0.15) is 0 Å². The highest BCUT2D eigenvalue weighted by molar-refractivity contribution is 4.68. The third-order valence-corrected chi connectivity index (χ3v) is 2.67. The van der Waals surface area contributed by atoms with Crippen LogP contribution in [-0.2, 0) is 4.74 Å². The monoisotopic (exact) mass is 202 g/mol. The average molecular weight is 202 g/mol. The maximum Gasteiger partial charge on any atom is 0.163 e. The van der Waals surface area contributed by atoms with Crippen LogP contribution in [0.2, 0.25) is 0 Å². The minimum absolute atomic E-state index is 0.119. The molecule has 0 aromatic rings. The zero-order valence-electron chi connectivity index (χ0n) is 10.5. The molecule has 0 fully saturated rings. The van der Waals surface area contributed by atoms with Gasteiger partial charge in [0.05, 0.1) is 6.10 Å². The van der Waals surface area contributed by atoms with Crippen molar-refractivity contribution in [1.29, 1.82) is 0 Å². The van der Waals surface area contributed by atoms with Crippen LogP contribution in [0.3, 0.4) is 0 Å². The minimum Gasteiger partial charge on any atom is -0.366 e. The van der Waals surface area contributed by atoms with Crippen molar-refractivity contribution in [3.63, 3.8) is 0 Å². The molecule has 14 heavy (non-hydrogen) atoms. The maximum absolute atomic E-state index is 9.98. The van der Waals surface area contributed by atoms with Gasteiger partial charge in [-0.05, 0) is 25.7 Å². The number of rotatable bonds is 6. The predicted octanol–water partition coefficient (Wildman–Crippen LogP) is 3.19. The Bertz CT molecular complexity index is 152. The van der Waals surface area contributed by atoms with E-state index in [0.717, 1.165) is 6.42 Å². The smallest absolute Gasteiger partial charge is 0.163 e. The maximum atomic E-state index is 9.98. The van der Waals surface area contributed by atoms with Gasteiger partial charge in [0.15, 0.2) is 5.79 Å². The van der Waals surface area contributed by atoms with Crippen molar-refractivity contribution in [3.8, 4) is 0 Å².